The molecule has 0 aliphatic carbocycles. The van der Waals surface area contributed by atoms with E-state index in [1.807, 2.05) is 11.4 Å². The van der Waals surface area contributed by atoms with Gasteiger partial charge in [-0.25, -0.2) is 0 Å². The second-order valence-corrected chi connectivity index (χ2v) is 5.06. The van der Waals surface area contributed by atoms with Gasteiger partial charge < -0.3 is 5.32 Å². The van der Waals surface area contributed by atoms with Crippen molar-refractivity contribution in [2.75, 3.05) is 0 Å². The molecule has 0 atom stereocenters. The summed E-state index contributed by atoms with van der Waals surface area (Å²) in [5, 5.41) is 4.85. The van der Waals surface area contributed by atoms with Crippen LogP contribution in [0.1, 0.15) is 15.2 Å². The molecule has 16 heavy (non-hydrogen) atoms. The van der Waals surface area contributed by atoms with Crippen LogP contribution >= 0.6 is 27.3 Å². The van der Waals surface area contributed by atoms with Gasteiger partial charge in [-0.2, -0.15) is 0 Å². The fourth-order valence-electron chi connectivity index (χ4n) is 1.22. The van der Waals surface area contributed by atoms with Crippen molar-refractivity contribution in [1.29, 1.82) is 0 Å². The van der Waals surface area contributed by atoms with Crippen LogP contribution in [-0.2, 0) is 6.54 Å². The lowest BCUT2D eigenvalue weighted by Crippen LogP contribution is -2.22. The maximum atomic E-state index is 11.7. The lowest BCUT2D eigenvalue weighted by atomic mass is 10.2. The number of halogens is 1. The average Bonchev–Trinajstić information content (AvgIpc) is 2.73. The number of hydrogen-bond donors (Lipinski definition) is 1. The number of amides is 1. The largest absolute Gasteiger partial charge is 0.347 e. The molecule has 0 saturated heterocycles. The molecule has 5 heteroatoms. The molecule has 0 aromatic carbocycles. The lowest BCUT2D eigenvalue weighted by Gasteiger charge is -2.02. The highest BCUT2D eigenvalue weighted by molar-refractivity contribution is 9.10. The van der Waals surface area contributed by atoms with Crippen molar-refractivity contribution in [1.82, 2.24) is 10.3 Å². The second kappa shape index (κ2) is 5.23. The third kappa shape index (κ3) is 2.90. The fourth-order valence-corrected chi connectivity index (χ4v) is 2.61. The van der Waals surface area contributed by atoms with Gasteiger partial charge in [0.25, 0.3) is 5.91 Å². The summed E-state index contributed by atoms with van der Waals surface area (Å²) in [6, 6.07) is 5.39. The molecule has 1 N–H and O–H groups in total. The number of hydrogen-bond acceptors (Lipinski definition) is 3. The molecule has 2 aromatic heterocycles. The van der Waals surface area contributed by atoms with Crippen LogP contribution in [0.2, 0.25) is 0 Å². The van der Waals surface area contributed by atoms with Crippen molar-refractivity contribution < 1.29 is 4.79 Å². The van der Waals surface area contributed by atoms with Gasteiger partial charge in [0.05, 0.1) is 6.54 Å². The Morgan fingerprint density at radius 3 is 2.81 bits per heavy atom. The SMILES string of the molecule is O=C(NCc1cc(Br)cs1)c1ccncc1. The van der Waals surface area contributed by atoms with E-state index in [4.69, 9.17) is 0 Å². The predicted molar refractivity (Wildman–Crippen MR) is 67.4 cm³/mol. The molecule has 0 radical (unpaired) electrons. The van der Waals surface area contributed by atoms with Crippen LogP contribution in [0.3, 0.4) is 0 Å². The number of pyridine rings is 1. The van der Waals surface area contributed by atoms with Gasteiger partial charge in [0, 0.05) is 32.7 Å². The number of nitrogens with zero attached hydrogens (tertiary/aromatic N) is 1. The summed E-state index contributed by atoms with van der Waals surface area (Å²) in [6.07, 6.45) is 3.22. The first-order valence-corrected chi connectivity index (χ1v) is 6.34. The molecule has 2 heterocycles. The second-order valence-electron chi connectivity index (χ2n) is 3.15. The smallest absolute Gasteiger partial charge is 0.251 e. The number of nitrogens with one attached hydrogen (secondary N) is 1. The lowest BCUT2D eigenvalue weighted by molar-refractivity contribution is 0.0951. The van der Waals surface area contributed by atoms with Crippen LogP contribution in [0.5, 0.6) is 0 Å². The quantitative estimate of drug-likeness (QED) is 0.946. The van der Waals surface area contributed by atoms with E-state index in [0.717, 1.165) is 9.35 Å². The zero-order valence-electron chi connectivity index (χ0n) is 8.31. The molecule has 82 valence electrons. The minimum absolute atomic E-state index is 0.0769. The summed E-state index contributed by atoms with van der Waals surface area (Å²) >= 11 is 4.99. The van der Waals surface area contributed by atoms with Gasteiger partial charge in [-0.1, -0.05) is 0 Å². The van der Waals surface area contributed by atoms with Crippen molar-refractivity contribution in [2.45, 2.75) is 6.54 Å². The zero-order chi connectivity index (χ0) is 11.4. The molecule has 0 spiro atoms. The Bertz CT molecular complexity index is 484. The fraction of sp³-hybridized carbons (Fsp3) is 0.0909. The monoisotopic (exact) mass is 296 g/mol. The van der Waals surface area contributed by atoms with Gasteiger partial charge in [0.1, 0.15) is 0 Å². The summed E-state index contributed by atoms with van der Waals surface area (Å²) in [4.78, 5) is 16.7. The predicted octanol–water partition coefficient (Wildman–Crippen LogP) is 2.84. The Kier molecular flexibility index (Phi) is 3.69. The molecule has 0 aliphatic rings. The van der Waals surface area contributed by atoms with Crippen molar-refractivity contribution in [2.24, 2.45) is 0 Å². The van der Waals surface area contributed by atoms with Crippen molar-refractivity contribution >= 4 is 33.2 Å². The average molecular weight is 297 g/mol. The zero-order valence-corrected chi connectivity index (χ0v) is 10.7. The van der Waals surface area contributed by atoms with Gasteiger partial charge in [0.2, 0.25) is 0 Å². The molecule has 1 amide bonds. The summed E-state index contributed by atoms with van der Waals surface area (Å²) in [5.74, 6) is -0.0769. The Morgan fingerprint density at radius 2 is 2.19 bits per heavy atom. The molecule has 2 aromatic rings. The van der Waals surface area contributed by atoms with Crippen molar-refractivity contribution in [3.8, 4) is 0 Å². The number of carbonyl (C=O) groups excluding carboxylic acids is 1. The Labute approximate surface area is 106 Å². The Hall–Kier alpha value is -1.20. The number of thiophene rings is 1. The third-order valence-corrected chi connectivity index (χ3v) is 3.69. The molecule has 0 fully saturated rings. The van der Waals surface area contributed by atoms with Crippen LogP contribution in [0.4, 0.5) is 0 Å². The molecule has 2 rings (SSSR count). The van der Waals surface area contributed by atoms with Crippen LogP contribution in [0.25, 0.3) is 0 Å². The first-order valence-electron chi connectivity index (χ1n) is 4.67. The van der Waals surface area contributed by atoms with E-state index in [-0.39, 0.29) is 5.91 Å². The summed E-state index contributed by atoms with van der Waals surface area (Å²) in [5.41, 5.74) is 0.630. The van der Waals surface area contributed by atoms with Gasteiger partial charge in [-0.15, -0.1) is 11.3 Å². The first kappa shape index (κ1) is 11.3. The first-order chi connectivity index (χ1) is 7.75. The standard InChI is InChI=1S/C11H9BrN2OS/c12-9-5-10(16-7-9)6-14-11(15)8-1-3-13-4-2-8/h1-5,7H,6H2,(H,14,15). The highest BCUT2D eigenvalue weighted by Gasteiger charge is 2.04. The minimum Gasteiger partial charge on any atom is -0.347 e. The molecular formula is C11H9BrN2OS. The molecular weight excluding hydrogens is 288 g/mol. The van der Waals surface area contributed by atoms with Crippen LogP contribution in [0, 0.1) is 0 Å². The topological polar surface area (TPSA) is 42.0 Å². The molecule has 3 nitrogen and oxygen atoms in total. The van der Waals surface area contributed by atoms with Crippen LogP contribution in [-0.4, -0.2) is 10.9 Å². The van der Waals surface area contributed by atoms with Gasteiger partial charge in [-0.05, 0) is 34.1 Å². The third-order valence-electron chi connectivity index (χ3n) is 1.99. The van der Waals surface area contributed by atoms with Gasteiger partial charge in [0.15, 0.2) is 0 Å². The maximum absolute atomic E-state index is 11.7. The maximum Gasteiger partial charge on any atom is 0.251 e. The number of rotatable bonds is 3. The van der Waals surface area contributed by atoms with E-state index < -0.39 is 0 Å². The van der Waals surface area contributed by atoms with Gasteiger partial charge >= 0.3 is 0 Å². The molecule has 0 unspecified atom stereocenters. The summed E-state index contributed by atoms with van der Waals surface area (Å²) in [6.45, 7) is 0.553. The van der Waals surface area contributed by atoms with E-state index in [1.54, 1.807) is 35.9 Å². The Balaban J connectivity index is 1.94. The number of aromatic nitrogens is 1. The minimum atomic E-state index is -0.0769. The van der Waals surface area contributed by atoms with Gasteiger partial charge in [-0.3, -0.25) is 9.78 Å². The Morgan fingerprint density at radius 1 is 1.44 bits per heavy atom. The molecule has 0 saturated carbocycles. The van der Waals surface area contributed by atoms with Crippen molar-refractivity contribution in [3.63, 3.8) is 0 Å². The normalized spacial score (nSPS) is 10.1. The number of carbonyl (C=O) groups is 1. The highest BCUT2D eigenvalue weighted by Crippen LogP contribution is 2.19. The van der Waals surface area contributed by atoms with Crippen LogP contribution in [0.15, 0.2) is 40.4 Å². The van der Waals surface area contributed by atoms with E-state index in [2.05, 4.69) is 26.2 Å². The summed E-state index contributed by atoms with van der Waals surface area (Å²) < 4.78 is 1.05. The highest BCUT2D eigenvalue weighted by atomic mass is 79.9. The molecule has 0 aliphatic heterocycles. The van der Waals surface area contributed by atoms with E-state index in [0.29, 0.717) is 12.1 Å². The molecule has 0 bridgehead atoms. The van der Waals surface area contributed by atoms with E-state index in [1.165, 1.54) is 0 Å². The van der Waals surface area contributed by atoms with Crippen molar-refractivity contribution in [3.05, 3.63) is 50.9 Å². The van der Waals surface area contributed by atoms with Crippen LogP contribution < -0.4 is 5.32 Å². The van der Waals surface area contributed by atoms with E-state index in [9.17, 15) is 4.79 Å². The summed E-state index contributed by atoms with van der Waals surface area (Å²) in [7, 11) is 0. The van der Waals surface area contributed by atoms with E-state index >= 15 is 0 Å².